The lowest BCUT2D eigenvalue weighted by Gasteiger charge is -2.17. The molecule has 7 nitrogen and oxygen atoms in total. The van der Waals surface area contributed by atoms with Crippen LogP contribution in [-0.2, 0) is 12.4 Å². The van der Waals surface area contributed by atoms with E-state index in [1.807, 2.05) is 0 Å². The molecule has 0 radical (unpaired) electrons. The molecule has 0 bridgehead atoms. The Morgan fingerprint density at radius 1 is 0.882 bits per heavy atom. The summed E-state index contributed by atoms with van der Waals surface area (Å²) in [6.45, 7) is -0.862. The maximum atomic E-state index is 13.6. The van der Waals surface area contributed by atoms with E-state index in [0.717, 1.165) is 35.5 Å². The zero-order valence-corrected chi connectivity index (χ0v) is 16.5. The van der Waals surface area contributed by atoms with Gasteiger partial charge in [0.2, 0.25) is 11.9 Å². The highest BCUT2D eigenvalue weighted by molar-refractivity contribution is 5.60. The summed E-state index contributed by atoms with van der Waals surface area (Å²) in [5.74, 6) is -4.44. The first-order valence-electron chi connectivity index (χ1n) is 9.25. The number of halogens is 8. The van der Waals surface area contributed by atoms with Gasteiger partial charge in [0.25, 0.3) is 5.92 Å². The minimum Gasteiger partial charge on any atom is -0.324 e. The third kappa shape index (κ3) is 5.18. The summed E-state index contributed by atoms with van der Waals surface area (Å²) in [5, 5.41) is 2.47. The predicted octanol–water partition coefficient (Wildman–Crippen LogP) is 5.08. The van der Waals surface area contributed by atoms with Gasteiger partial charge < -0.3 is 10.2 Å². The molecule has 1 aliphatic rings. The van der Waals surface area contributed by atoms with Gasteiger partial charge in [-0.1, -0.05) is 6.07 Å². The molecule has 0 amide bonds. The van der Waals surface area contributed by atoms with Crippen LogP contribution >= 0.6 is 0 Å². The van der Waals surface area contributed by atoms with Gasteiger partial charge in [0.15, 0.2) is 5.82 Å². The molecule has 1 aliphatic heterocycles. The van der Waals surface area contributed by atoms with Crippen molar-refractivity contribution < 1.29 is 35.1 Å². The average molecular weight is 489 g/mol. The lowest BCUT2D eigenvalue weighted by molar-refractivity contribution is -0.141. The SMILES string of the molecule is FC1(F)C=CN(c2nc(Nc3ccnc(C(F)(F)F)c3)nc(-c3cccc(C(F)(F)F)n3)n2)C1. The molecule has 0 unspecified atom stereocenters. The average Bonchev–Trinajstić information content (AvgIpc) is 3.12. The molecule has 1 N–H and O–H groups in total. The molecule has 34 heavy (non-hydrogen) atoms. The number of pyridine rings is 2. The summed E-state index contributed by atoms with van der Waals surface area (Å²) in [6.07, 6.45) is -7.12. The monoisotopic (exact) mass is 489 g/mol. The first-order chi connectivity index (χ1) is 15.8. The van der Waals surface area contributed by atoms with Crippen molar-refractivity contribution in [2.24, 2.45) is 0 Å². The van der Waals surface area contributed by atoms with Gasteiger partial charge in [0.1, 0.15) is 17.1 Å². The molecule has 0 saturated heterocycles. The van der Waals surface area contributed by atoms with Crippen LogP contribution in [0.1, 0.15) is 11.4 Å². The molecular formula is C19H11F8N7. The first kappa shape index (κ1) is 23.3. The molecule has 15 heteroatoms. The maximum Gasteiger partial charge on any atom is 0.433 e. The largest absolute Gasteiger partial charge is 0.433 e. The number of rotatable bonds is 4. The quantitative estimate of drug-likeness (QED) is 0.512. The van der Waals surface area contributed by atoms with E-state index in [0.29, 0.717) is 18.2 Å². The zero-order chi connectivity index (χ0) is 24.7. The number of anilines is 3. The van der Waals surface area contributed by atoms with E-state index >= 15 is 0 Å². The zero-order valence-electron chi connectivity index (χ0n) is 16.5. The van der Waals surface area contributed by atoms with Crippen molar-refractivity contribution in [3.63, 3.8) is 0 Å². The van der Waals surface area contributed by atoms with E-state index in [4.69, 9.17) is 0 Å². The van der Waals surface area contributed by atoms with E-state index in [1.165, 1.54) is 0 Å². The molecule has 3 aromatic heterocycles. The van der Waals surface area contributed by atoms with Gasteiger partial charge in [-0.05, 0) is 24.3 Å². The van der Waals surface area contributed by atoms with Gasteiger partial charge in [-0.25, -0.2) is 4.98 Å². The van der Waals surface area contributed by atoms with Crippen LogP contribution in [0.4, 0.5) is 52.7 Å². The van der Waals surface area contributed by atoms with Gasteiger partial charge in [0.05, 0.1) is 6.54 Å². The second-order valence-corrected chi connectivity index (χ2v) is 6.95. The second kappa shape index (κ2) is 8.14. The fraction of sp³-hybridized carbons (Fsp3) is 0.211. The minimum absolute atomic E-state index is 0.162. The smallest absolute Gasteiger partial charge is 0.324 e. The summed E-state index contributed by atoms with van der Waals surface area (Å²) < 4.78 is 105. The van der Waals surface area contributed by atoms with Crippen molar-refractivity contribution >= 4 is 17.6 Å². The third-order valence-electron chi connectivity index (χ3n) is 4.34. The van der Waals surface area contributed by atoms with Crippen molar-refractivity contribution in [1.82, 2.24) is 24.9 Å². The highest BCUT2D eigenvalue weighted by atomic mass is 19.4. The highest BCUT2D eigenvalue weighted by Gasteiger charge is 2.36. The number of hydrogen-bond acceptors (Lipinski definition) is 7. The Hall–Kier alpha value is -3.91. The number of hydrogen-bond donors (Lipinski definition) is 1. The standard InChI is InChI=1S/C19H11F8N7/c20-17(21)5-7-34(9-17)16-32-14(11-2-1-3-12(30-11)18(22,23)24)31-15(33-16)29-10-4-6-28-13(8-10)19(25,26)27/h1-8H,9H2,(H,28,29,31,32,33). The van der Waals surface area contributed by atoms with Gasteiger partial charge in [-0.3, -0.25) is 4.98 Å². The maximum absolute atomic E-state index is 13.6. The van der Waals surface area contributed by atoms with E-state index in [1.54, 1.807) is 0 Å². The lowest BCUT2D eigenvalue weighted by atomic mass is 10.3. The van der Waals surface area contributed by atoms with Crippen molar-refractivity contribution in [3.05, 3.63) is 60.2 Å². The highest BCUT2D eigenvalue weighted by Crippen LogP contribution is 2.32. The first-order valence-corrected chi connectivity index (χ1v) is 9.25. The second-order valence-electron chi connectivity index (χ2n) is 6.95. The number of alkyl halides is 8. The van der Waals surface area contributed by atoms with Gasteiger partial charge >= 0.3 is 12.4 Å². The van der Waals surface area contributed by atoms with Gasteiger partial charge in [-0.2, -0.15) is 50.1 Å². The van der Waals surface area contributed by atoms with Crippen molar-refractivity contribution in [1.29, 1.82) is 0 Å². The molecule has 4 rings (SSSR count). The molecule has 4 heterocycles. The van der Waals surface area contributed by atoms with Crippen LogP contribution in [-0.4, -0.2) is 37.4 Å². The Balaban J connectivity index is 1.77. The van der Waals surface area contributed by atoms with Crippen LogP contribution in [0.5, 0.6) is 0 Å². The molecular weight excluding hydrogens is 478 g/mol. The van der Waals surface area contributed by atoms with E-state index < -0.39 is 48.0 Å². The van der Waals surface area contributed by atoms with Crippen LogP contribution < -0.4 is 10.2 Å². The van der Waals surface area contributed by atoms with E-state index in [9.17, 15) is 35.1 Å². The molecule has 0 atom stereocenters. The Labute approximate surface area is 185 Å². The van der Waals surface area contributed by atoms with Crippen LogP contribution in [0.2, 0.25) is 0 Å². The van der Waals surface area contributed by atoms with E-state index in [-0.39, 0.29) is 17.3 Å². The third-order valence-corrected chi connectivity index (χ3v) is 4.34. The number of nitrogens with zero attached hydrogens (tertiary/aromatic N) is 6. The van der Waals surface area contributed by atoms with Crippen LogP contribution in [0.25, 0.3) is 11.5 Å². The van der Waals surface area contributed by atoms with Gasteiger partial charge in [0, 0.05) is 24.2 Å². The Kier molecular flexibility index (Phi) is 5.57. The van der Waals surface area contributed by atoms with Crippen LogP contribution in [0, 0.1) is 0 Å². The van der Waals surface area contributed by atoms with Crippen molar-refractivity contribution in [3.8, 4) is 11.5 Å². The minimum atomic E-state index is -4.78. The predicted molar refractivity (Wildman–Crippen MR) is 102 cm³/mol. The van der Waals surface area contributed by atoms with E-state index in [2.05, 4.69) is 30.2 Å². The molecule has 3 aromatic rings. The van der Waals surface area contributed by atoms with Crippen LogP contribution in [0.3, 0.4) is 0 Å². The summed E-state index contributed by atoms with van der Waals surface area (Å²) in [4.78, 5) is 19.4. The normalized spacial score (nSPS) is 15.6. The Morgan fingerprint density at radius 3 is 2.26 bits per heavy atom. The fourth-order valence-corrected chi connectivity index (χ4v) is 2.84. The Bertz CT molecular complexity index is 1240. The Morgan fingerprint density at radius 2 is 1.62 bits per heavy atom. The molecule has 0 fully saturated rings. The summed E-state index contributed by atoms with van der Waals surface area (Å²) in [5.41, 5.74) is -3.00. The summed E-state index contributed by atoms with van der Waals surface area (Å²) in [6, 6.07) is 4.72. The molecule has 0 aromatic carbocycles. The van der Waals surface area contributed by atoms with Crippen molar-refractivity contribution in [2.75, 3.05) is 16.8 Å². The van der Waals surface area contributed by atoms with Crippen molar-refractivity contribution in [2.45, 2.75) is 18.3 Å². The molecule has 0 spiro atoms. The number of aromatic nitrogens is 5. The molecule has 0 aliphatic carbocycles. The lowest BCUT2D eigenvalue weighted by Crippen LogP contribution is -2.27. The summed E-state index contributed by atoms with van der Waals surface area (Å²) in [7, 11) is 0. The molecule has 178 valence electrons. The van der Waals surface area contributed by atoms with Crippen LogP contribution in [0.15, 0.2) is 48.8 Å². The van der Waals surface area contributed by atoms with Gasteiger partial charge in [-0.15, -0.1) is 0 Å². The fourth-order valence-electron chi connectivity index (χ4n) is 2.84. The molecule has 0 saturated carbocycles. The number of nitrogens with one attached hydrogen (secondary N) is 1. The topological polar surface area (TPSA) is 79.7 Å². The summed E-state index contributed by atoms with van der Waals surface area (Å²) >= 11 is 0.